The Labute approximate surface area is 136 Å². The lowest BCUT2D eigenvalue weighted by molar-refractivity contribution is 0.0348. The molecule has 5 nitrogen and oxygen atoms in total. The smallest absolute Gasteiger partial charge is 0.338 e. The maximum absolute atomic E-state index is 12.1. The largest absolute Gasteiger partial charge is 0.455 e. The Morgan fingerprint density at radius 1 is 1.38 bits per heavy atom. The first-order valence-electron chi connectivity index (χ1n) is 6.02. The van der Waals surface area contributed by atoms with Crippen LogP contribution in [0.3, 0.4) is 0 Å². The molecule has 21 heavy (non-hydrogen) atoms. The normalized spacial score (nSPS) is 13.0. The fourth-order valence-electron chi connectivity index (χ4n) is 1.65. The summed E-state index contributed by atoms with van der Waals surface area (Å²) in [5, 5.41) is 4.02. The SMILES string of the molecule is Cc1cc(-n2cncn2)ccc1C(=O)OC(C)C(Cl)(Cl)Cl. The molecule has 0 saturated carbocycles. The summed E-state index contributed by atoms with van der Waals surface area (Å²) in [5.74, 6) is -0.545. The zero-order valence-corrected chi connectivity index (χ0v) is 13.5. The first-order chi connectivity index (χ1) is 9.79. The number of halogens is 3. The van der Waals surface area contributed by atoms with Crippen molar-refractivity contribution in [2.75, 3.05) is 0 Å². The summed E-state index contributed by atoms with van der Waals surface area (Å²) < 4.78 is 5.07. The summed E-state index contributed by atoms with van der Waals surface area (Å²) >= 11 is 17.0. The number of benzene rings is 1. The van der Waals surface area contributed by atoms with Crippen LogP contribution in [0.2, 0.25) is 0 Å². The van der Waals surface area contributed by atoms with Crippen molar-refractivity contribution in [1.82, 2.24) is 14.8 Å². The van der Waals surface area contributed by atoms with Gasteiger partial charge in [-0.2, -0.15) is 5.10 Å². The molecule has 1 unspecified atom stereocenters. The Kier molecular flexibility index (Phi) is 4.76. The molecule has 0 aliphatic heterocycles. The Balaban J connectivity index is 2.19. The van der Waals surface area contributed by atoms with E-state index in [4.69, 9.17) is 39.5 Å². The van der Waals surface area contributed by atoms with E-state index in [0.29, 0.717) is 5.56 Å². The van der Waals surface area contributed by atoms with Crippen molar-refractivity contribution >= 4 is 40.8 Å². The number of aryl methyl sites for hydroxylation is 1. The van der Waals surface area contributed by atoms with Crippen LogP contribution in [0.15, 0.2) is 30.9 Å². The lowest BCUT2D eigenvalue weighted by Crippen LogP contribution is -2.28. The Hall–Kier alpha value is -1.30. The standard InChI is InChI=1S/C13H12Cl3N3O2/c1-8-5-10(19-7-17-6-18-19)3-4-11(8)12(20)21-9(2)13(14,15)16/h3-7,9H,1-2H3. The fourth-order valence-corrected chi connectivity index (χ4v) is 1.79. The van der Waals surface area contributed by atoms with Gasteiger partial charge in [-0.1, -0.05) is 34.8 Å². The van der Waals surface area contributed by atoms with Crippen molar-refractivity contribution in [2.24, 2.45) is 0 Å². The summed E-state index contributed by atoms with van der Waals surface area (Å²) in [7, 11) is 0. The van der Waals surface area contributed by atoms with Crippen molar-refractivity contribution in [2.45, 2.75) is 23.7 Å². The molecule has 0 saturated heterocycles. The van der Waals surface area contributed by atoms with Crippen molar-refractivity contribution in [3.8, 4) is 5.69 Å². The van der Waals surface area contributed by atoms with Gasteiger partial charge in [0, 0.05) is 0 Å². The quantitative estimate of drug-likeness (QED) is 0.629. The average molecular weight is 349 g/mol. The lowest BCUT2D eigenvalue weighted by Gasteiger charge is -2.20. The molecule has 1 aromatic carbocycles. The third-order valence-corrected chi connectivity index (χ3v) is 3.78. The average Bonchev–Trinajstić information content (AvgIpc) is 2.90. The topological polar surface area (TPSA) is 57.0 Å². The van der Waals surface area contributed by atoms with Crippen LogP contribution in [0.4, 0.5) is 0 Å². The number of hydrogen-bond donors (Lipinski definition) is 0. The van der Waals surface area contributed by atoms with Crippen LogP contribution in [0, 0.1) is 6.92 Å². The van der Waals surface area contributed by atoms with E-state index in [0.717, 1.165) is 11.3 Å². The van der Waals surface area contributed by atoms with Crippen LogP contribution in [0.25, 0.3) is 5.69 Å². The van der Waals surface area contributed by atoms with Crippen LogP contribution in [0.1, 0.15) is 22.8 Å². The van der Waals surface area contributed by atoms with Gasteiger partial charge in [0.05, 0.1) is 11.3 Å². The molecule has 0 spiro atoms. The Morgan fingerprint density at radius 3 is 2.62 bits per heavy atom. The van der Waals surface area contributed by atoms with Gasteiger partial charge in [0.2, 0.25) is 3.79 Å². The van der Waals surface area contributed by atoms with Crippen molar-refractivity contribution < 1.29 is 9.53 Å². The molecule has 0 radical (unpaired) electrons. The molecule has 1 aromatic heterocycles. The number of nitrogens with zero attached hydrogens (tertiary/aromatic N) is 3. The highest BCUT2D eigenvalue weighted by Crippen LogP contribution is 2.32. The van der Waals surface area contributed by atoms with Crippen LogP contribution < -0.4 is 0 Å². The van der Waals surface area contributed by atoms with Gasteiger partial charge in [0.25, 0.3) is 0 Å². The number of carbonyl (C=O) groups excluding carboxylic acids is 1. The number of esters is 1. The molecule has 0 fully saturated rings. The molecule has 2 aromatic rings. The third-order valence-electron chi connectivity index (χ3n) is 2.86. The van der Waals surface area contributed by atoms with E-state index in [1.54, 1.807) is 36.1 Å². The second kappa shape index (κ2) is 6.22. The van der Waals surface area contributed by atoms with E-state index in [1.807, 2.05) is 0 Å². The molecule has 0 bridgehead atoms. The van der Waals surface area contributed by atoms with Gasteiger partial charge >= 0.3 is 5.97 Å². The molecule has 2 rings (SSSR count). The van der Waals surface area contributed by atoms with E-state index in [-0.39, 0.29) is 0 Å². The number of ether oxygens (including phenoxy) is 1. The van der Waals surface area contributed by atoms with E-state index in [9.17, 15) is 4.79 Å². The molecule has 1 atom stereocenters. The summed E-state index contributed by atoms with van der Waals surface area (Å²) in [6.45, 7) is 3.31. The van der Waals surface area contributed by atoms with E-state index in [2.05, 4.69) is 10.1 Å². The zero-order valence-electron chi connectivity index (χ0n) is 11.3. The molecule has 8 heteroatoms. The minimum absolute atomic E-state index is 0.403. The fraction of sp³-hybridized carbons (Fsp3) is 0.308. The minimum Gasteiger partial charge on any atom is -0.455 e. The minimum atomic E-state index is -1.66. The molecule has 112 valence electrons. The summed E-state index contributed by atoms with van der Waals surface area (Å²) in [6.07, 6.45) is 2.14. The lowest BCUT2D eigenvalue weighted by atomic mass is 10.1. The maximum atomic E-state index is 12.1. The zero-order chi connectivity index (χ0) is 15.6. The molecule has 0 N–H and O–H groups in total. The monoisotopic (exact) mass is 347 g/mol. The maximum Gasteiger partial charge on any atom is 0.338 e. The van der Waals surface area contributed by atoms with Gasteiger partial charge in [0.1, 0.15) is 18.8 Å². The predicted octanol–water partition coefficient (Wildman–Crippen LogP) is 3.49. The Bertz CT molecular complexity index is 639. The number of alkyl halides is 3. The second-order valence-electron chi connectivity index (χ2n) is 4.43. The number of hydrogen-bond acceptors (Lipinski definition) is 4. The second-order valence-corrected chi connectivity index (χ2v) is 6.80. The summed E-state index contributed by atoms with van der Waals surface area (Å²) in [5.41, 5.74) is 1.92. The highest BCUT2D eigenvalue weighted by atomic mass is 35.6. The van der Waals surface area contributed by atoms with Gasteiger partial charge in [0.15, 0.2) is 0 Å². The molecular weight excluding hydrogens is 337 g/mol. The first-order valence-corrected chi connectivity index (χ1v) is 7.16. The molecular formula is C13H12Cl3N3O2. The van der Waals surface area contributed by atoms with E-state index >= 15 is 0 Å². The number of carbonyl (C=O) groups is 1. The van der Waals surface area contributed by atoms with Crippen LogP contribution in [0.5, 0.6) is 0 Å². The van der Waals surface area contributed by atoms with Crippen molar-refractivity contribution in [3.05, 3.63) is 42.0 Å². The van der Waals surface area contributed by atoms with Gasteiger partial charge in [-0.25, -0.2) is 14.5 Å². The third kappa shape index (κ3) is 3.87. The first kappa shape index (κ1) is 16.1. The Morgan fingerprint density at radius 2 is 2.10 bits per heavy atom. The summed E-state index contributed by atoms with van der Waals surface area (Å²) in [4.78, 5) is 16.0. The molecule has 1 heterocycles. The highest BCUT2D eigenvalue weighted by Gasteiger charge is 2.32. The van der Waals surface area contributed by atoms with E-state index in [1.165, 1.54) is 13.3 Å². The molecule has 0 amide bonds. The van der Waals surface area contributed by atoms with Crippen LogP contribution in [-0.4, -0.2) is 30.6 Å². The van der Waals surface area contributed by atoms with E-state index < -0.39 is 15.9 Å². The van der Waals surface area contributed by atoms with Gasteiger partial charge in [-0.15, -0.1) is 0 Å². The van der Waals surface area contributed by atoms with Crippen molar-refractivity contribution in [3.63, 3.8) is 0 Å². The van der Waals surface area contributed by atoms with Gasteiger partial charge < -0.3 is 4.74 Å². The predicted molar refractivity (Wildman–Crippen MR) is 81.3 cm³/mol. The molecule has 0 aliphatic carbocycles. The molecule has 0 aliphatic rings. The summed E-state index contributed by atoms with van der Waals surface area (Å²) in [6, 6.07) is 5.17. The number of aromatic nitrogens is 3. The van der Waals surface area contributed by atoms with Gasteiger partial charge in [-0.05, 0) is 37.6 Å². The number of rotatable bonds is 3. The van der Waals surface area contributed by atoms with Crippen LogP contribution in [-0.2, 0) is 4.74 Å². The highest BCUT2D eigenvalue weighted by molar-refractivity contribution is 6.68. The van der Waals surface area contributed by atoms with Crippen LogP contribution >= 0.6 is 34.8 Å². The van der Waals surface area contributed by atoms with Gasteiger partial charge in [-0.3, -0.25) is 0 Å². The van der Waals surface area contributed by atoms with Crippen molar-refractivity contribution in [1.29, 1.82) is 0 Å².